The lowest BCUT2D eigenvalue weighted by Gasteiger charge is -2.36. The molecule has 0 fully saturated rings. The van der Waals surface area contributed by atoms with Gasteiger partial charge in [0, 0.05) is 33.0 Å². The highest BCUT2D eigenvalue weighted by Crippen LogP contribution is 2.37. The maximum atomic E-state index is 10.7. The number of rotatable bonds is 17. The minimum absolute atomic E-state index is 0.110. The van der Waals surface area contributed by atoms with Crippen LogP contribution in [0.4, 0.5) is 0 Å². The molecule has 0 aliphatic heterocycles. The molecule has 0 amide bonds. The van der Waals surface area contributed by atoms with Crippen LogP contribution in [0.5, 0.6) is 5.75 Å². The SMILES string of the molecule is C=C(C)[C@H](CCC#CC(O)CC(C)(CC#CC(C)OCc1ccc(OC)cc1)OCOC)CCO[Si](C)(C)C(C)(C)C. The first-order valence-corrected chi connectivity index (χ1v) is 17.8. The molecule has 0 heterocycles. The molecule has 0 saturated carbocycles. The van der Waals surface area contributed by atoms with Crippen LogP contribution < -0.4 is 4.74 Å². The molecule has 0 aliphatic carbocycles. The third kappa shape index (κ3) is 14.9. The van der Waals surface area contributed by atoms with E-state index in [-0.39, 0.29) is 17.9 Å². The Bertz CT molecular complexity index is 1050. The number of allylic oxidation sites excluding steroid dienone is 1. The fourth-order valence-electron chi connectivity index (χ4n) is 3.96. The van der Waals surface area contributed by atoms with Gasteiger partial charge < -0.3 is 28.5 Å². The molecule has 0 saturated heterocycles. The van der Waals surface area contributed by atoms with Gasteiger partial charge in [-0.3, -0.25) is 0 Å². The summed E-state index contributed by atoms with van der Waals surface area (Å²) >= 11 is 0. The van der Waals surface area contributed by atoms with Crippen molar-refractivity contribution in [2.24, 2.45) is 5.92 Å². The van der Waals surface area contributed by atoms with Gasteiger partial charge in [-0.25, -0.2) is 0 Å². The van der Waals surface area contributed by atoms with Crippen molar-refractivity contribution in [1.29, 1.82) is 0 Å². The van der Waals surface area contributed by atoms with Crippen LogP contribution in [0.15, 0.2) is 36.4 Å². The second kappa shape index (κ2) is 18.5. The van der Waals surface area contributed by atoms with E-state index < -0.39 is 20.0 Å². The summed E-state index contributed by atoms with van der Waals surface area (Å²) in [5.41, 5.74) is 1.49. The molecule has 7 heteroatoms. The number of aliphatic hydroxyl groups excluding tert-OH is 1. The largest absolute Gasteiger partial charge is 0.497 e. The van der Waals surface area contributed by atoms with E-state index >= 15 is 0 Å². The fraction of sp³-hybridized carbons (Fsp3) is 0.657. The second-order valence-corrected chi connectivity index (χ2v) is 17.6. The molecule has 6 nitrogen and oxygen atoms in total. The molecule has 3 unspecified atom stereocenters. The van der Waals surface area contributed by atoms with Gasteiger partial charge in [-0.15, -0.1) is 5.92 Å². The van der Waals surface area contributed by atoms with E-state index in [2.05, 4.69) is 71.0 Å². The zero-order valence-electron chi connectivity index (χ0n) is 27.9. The Labute approximate surface area is 257 Å². The standard InChI is InChI=1S/C35H56O6Si/c1-28(2)31(22-24-41-42(10,11)34(4,5)6)16-12-13-17-32(36)25-35(7,40-27-37-8)23-14-15-29(3)39-26-30-18-20-33(38-9)21-19-30/h18-21,29,31-32,36H,1,12,16,22-27H2,2-11H3/t29?,31-,32?,35?/m1/s1. The van der Waals surface area contributed by atoms with Crippen molar-refractivity contribution >= 4 is 8.32 Å². The van der Waals surface area contributed by atoms with E-state index in [0.29, 0.717) is 31.8 Å². The first-order valence-electron chi connectivity index (χ1n) is 14.9. The lowest BCUT2D eigenvalue weighted by Crippen LogP contribution is -2.41. The van der Waals surface area contributed by atoms with E-state index in [4.69, 9.17) is 23.4 Å². The molecule has 0 spiro atoms. The summed E-state index contributed by atoms with van der Waals surface area (Å²) in [7, 11) is 1.46. The highest BCUT2D eigenvalue weighted by atomic mass is 28.4. The summed E-state index contributed by atoms with van der Waals surface area (Å²) < 4.78 is 28.5. The summed E-state index contributed by atoms with van der Waals surface area (Å²) in [5, 5.41) is 10.9. The normalized spacial score (nSPS) is 15.3. The molecular weight excluding hydrogens is 544 g/mol. The van der Waals surface area contributed by atoms with Crippen molar-refractivity contribution in [3.8, 4) is 29.4 Å². The van der Waals surface area contributed by atoms with Gasteiger partial charge in [0.05, 0.1) is 19.3 Å². The zero-order chi connectivity index (χ0) is 31.8. The summed E-state index contributed by atoms with van der Waals surface area (Å²) in [4.78, 5) is 0. The van der Waals surface area contributed by atoms with Crippen LogP contribution >= 0.6 is 0 Å². The van der Waals surface area contributed by atoms with Crippen molar-refractivity contribution in [2.75, 3.05) is 27.6 Å². The second-order valence-electron chi connectivity index (χ2n) is 12.8. The van der Waals surface area contributed by atoms with Gasteiger partial charge >= 0.3 is 0 Å². The van der Waals surface area contributed by atoms with Gasteiger partial charge in [-0.2, -0.15) is 0 Å². The van der Waals surface area contributed by atoms with Crippen molar-refractivity contribution in [3.05, 3.63) is 42.0 Å². The molecular formula is C35H56O6Si. The highest BCUT2D eigenvalue weighted by molar-refractivity contribution is 6.74. The van der Waals surface area contributed by atoms with E-state index in [1.807, 2.05) is 38.1 Å². The van der Waals surface area contributed by atoms with Gasteiger partial charge in [-0.1, -0.05) is 62.8 Å². The number of hydrogen-bond acceptors (Lipinski definition) is 6. The van der Waals surface area contributed by atoms with E-state index in [1.165, 1.54) is 0 Å². The van der Waals surface area contributed by atoms with Crippen LogP contribution in [-0.4, -0.2) is 58.9 Å². The van der Waals surface area contributed by atoms with E-state index in [0.717, 1.165) is 36.3 Å². The Morgan fingerprint density at radius 3 is 2.26 bits per heavy atom. The zero-order valence-corrected chi connectivity index (χ0v) is 28.9. The molecule has 42 heavy (non-hydrogen) atoms. The highest BCUT2D eigenvalue weighted by Gasteiger charge is 2.37. The minimum Gasteiger partial charge on any atom is -0.497 e. The monoisotopic (exact) mass is 600 g/mol. The van der Waals surface area contributed by atoms with Gasteiger partial charge in [-0.05, 0) is 75.4 Å². The first-order chi connectivity index (χ1) is 19.6. The quantitative estimate of drug-likeness (QED) is 0.0864. The fourth-order valence-corrected chi connectivity index (χ4v) is 5.02. The minimum atomic E-state index is -1.76. The van der Waals surface area contributed by atoms with Crippen molar-refractivity contribution < 1.29 is 28.5 Å². The number of hydrogen-bond donors (Lipinski definition) is 1. The number of benzene rings is 1. The topological polar surface area (TPSA) is 66.4 Å². The average Bonchev–Trinajstić information content (AvgIpc) is 2.91. The predicted molar refractivity (Wildman–Crippen MR) is 175 cm³/mol. The summed E-state index contributed by atoms with van der Waals surface area (Å²) in [5.74, 6) is 13.6. The molecule has 1 aromatic carbocycles. The Morgan fingerprint density at radius 2 is 1.69 bits per heavy atom. The Kier molecular flexibility index (Phi) is 16.7. The van der Waals surface area contributed by atoms with Crippen LogP contribution in [0.2, 0.25) is 18.1 Å². The van der Waals surface area contributed by atoms with E-state index in [1.54, 1.807) is 14.2 Å². The lowest BCUT2D eigenvalue weighted by atomic mass is 9.93. The molecule has 0 radical (unpaired) electrons. The molecule has 0 bridgehead atoms. The van der Waals surface area contributed by atoms with Gasteiger partial charge in [0.25, 0.3) is 0 Å². The van der Waals surface area contributed by atoms with Crippen molar-refractivity contribution in [2.45, 2.75) is 116 Å². The molecule has 1 aromatic rings. The number of aliphatic hydroxyl groups is 1. The Balaban J connectivity index is 2.63. The van der Waals surface area contributed by atoms with Crippen molar-refractivity contribution in [3.63, 3.8) is 0 Å². The molecule has 0 aliphatic rings. The number of methoxy groups -OCH3 is 2. The molecule has 0 aromatic heterocycles. The summed E-state index contributed by atoms with van der Waals surface area (Å²) in [6.07, 6.45) is 2.18. The Morgan fingerprint density at radius 1 is 1.02 bits per heavy atom. The third-order valence-corrected chi connectivity index (χ3v) is 12.4. The van der Waals surface area contributed by atoms with Crippen LogP contribution in [0.3, 0.4) is 0 Å². The molecule has 1 N–H and O–H groups in total. The molecule has 236 valence electrons. The Hall–Kier alpha value is -2.10. The van der Waals surface area contributed by atoms with Crippen LogP contribution in [0.1, 0.15) is 79.2 Å². The van der Waals surface area contributed by atoms with Crippen LogP contribution in [0, 0.1) is 29.6 Å². The average molecular weight is 601 g/mol. The summed E-state index contributed by atoms with van der Waals surface area (Å²) in [6, 6.07) is 7.76. The maximum absolute atomic E-state index is 10.7. The van der Waals surface area contributed by atoms with Gasteiger partial charge in [0.1, 0.15) is 24.8 Å². The lowest BCUT2D eigenvalue weighted by molar-refractivity contribution is -0.130. The van der Waals surface area contributed by atoms with Crippen LogP contribution in [0.25, 0.3) is 0 Å². The van der Waals surface area contributed by atoms with E-state index in [9.17, 15) is 5.11 Å². The van der Waals surface area contributed by atoms with Gasteiger partial charge in [0.15, 0.2) is 8.32 Å². The van der Waals surface area contributed by atoms with Crippen LogP contribution in [-0.2, 0) is 25.2 Å². The maximum Gasteiger partial charge on any atom is 0.191 e. The summed E-state index contributed by atoms with van der Waals surface area (Å²) in [6.45, 7) is 22.8. The molecule has 1 rings (SSSR count). The predicted octanol–water partition coefficient (Wildman–Crippen LogP) is 7.51. The van der Waals surface area contributed by atoms with Crippen molar-refractivity contribution in [1.82, 2.24) is 0 Å². The number of ether oxygens (including phenoxy) is 4. The van der Waals surface area contributed by atoms with Gasteiger partial charge in [0.2, 0.25) is 0 Å². The first kappa shape index (κ1) is 37.9. The smallest absolute Gasteiger partial charge is 0.191 e. The molecule has 4 atom stereocenters. The third-order valence-electron chi connectivity index (χ3n) is 7.90.